The molecule has 4 nitrogen and oxygen atoms in total. The minimum absolute atomic E-state index is 0.0135. The smallest absolute Gasteiger partial charge is 0.416 e. The molecule has 1 aromatic heterocycles. The molecule has 3 aromatic rings. The van der Waals surface area contributed by atoms with Crippen LogP contribution in [0.4, 0.5) is 13.2 Å². The molecule has 0 spiro atoms. The van der Waals surface area contributed by atoms with Gasteiger partial charge < -0.3 is 9.52 Å². The van der Waals surface area contributed by atoms with Gasteiger partial charge in [0.2, 0.25) is 0 Å². The monoisotopic (exact) mass is 417 g/mol. The molecule has 0 aliphatic carbocycles. The second kappa shape index (κ2) is 7.86. The Bertz CT molecular complexity index is 1160. The molecular formula is C21H11ClF3NO3. The summed E-state index contributed by atoms with van der Waals surface area (Å²) in [5.74, 6) is -0.678. The molecule has 2 aromatic carbocycles. The molecule has 0 radical (unpaired) electrons. The van der Waals surface area contributed by atoms with Crippen LogP contribution in [0.5, 0.6) is 0 Å². The first-order valence-corrected chi connectivity index (χ1v) is 8.49. The summed E-state index contributed by atoms with van der Waals surface area (Å²) in [6, 6.07) is 13.4. The summed E-state index contributed by atoms with van der Waals surface area (Å²) in [5.41, 5.74) is -0.453. The van der Waals surface area contributed by atoms with E-state index in [-0.39, 0.29) is 33.2 Å². The molecule has 0 saturated carbocycles. The van der Waals surface area contributed by atoms with Crippen LogP contribution in [-0.2, 0) is 6.18 Å². The zero-order valence-electron chi connectivity index (χ0n) is 14.5. The van der Waals surface area contributed by atoms with Gasteiger partial charge in [-0.3, -0.25) is 0 Å². The summed E-state index contributed by atoms with van der Waals surface area (Å²) in [5, 5.41) is 18.7. The minimum atomic E-state index is -4.53. The van der Waals surface area contributed by atoms with E-state index >= 15 is 0 Å². The molecule has 29 heavy (non-hydrogen) atoms. The summed E-state index contributed by atoms with van der Waals surface area (Å²) in [6.07, 6.45) is -3.23. The van der Waals surface area contributed by atoms with E-state index in [1.54, 1.807) is 0 Å². The Balaban J connectivity index is 1.98. The lowest BCUT2D eigenvalue weighted by atomic mass is 10.0. The standard InChI is InChI=1S/C21H11ClF3NO3/c22-18-6-4-13(20(27)28)10-17(18)19-7-5-16(29-19)9-14(11-26)12-2-1-3-15(8-12)21(23,24)25/h1-10H,(H,27,28)/b14-9-. The predicted molar refractivity (Wildman–Crippen MR) is 101 cm³/mol. The van der Waals surface area contributed by atoms with Crippen LogP contribution < -0.4 is 0 Å². The molecule has 8 heteroatoms. The van der Waals surface area contributed by atoms with Crippen molar-refractivity contribution in [3.63, 3.8) is 0 Å². The van der Waals surface area contributed by atoms with Gasteiger partial charge >= 0.3 is 12.1 Å². The summed E-state index contributed by atoms with van der Waals surface area (Å²) in [6.45, 7) is 0. The fraction of sp³-hybridized carbons (Fsp3) is 0.0476. The van der Waals surface area contributed by atoms with Gasteiger partial charge in [0.25, 0.3) is 0 Å². The molecule has 0 aliphatic heterocycles. The van der Waals surface area contributed by atoms with Gasteiger partial charge in [-0.2, -0.15) is 18.4 Å². The van der Waals surface area contributed by atoms with Crippen LogP contribution in [-0.4, -0.2) is 11.1 Å². The van der Waals surface area contributed by atoms with Gasteiger partial charge in [-0.1, -0.05) is 23.7 Å². The number of carboxylic acid groups (broad SMARTS) is 1. The Morgan fingerprint density at radius 1 is 1.10 bits per heavy atom. The highest BCUT2D eigenvalue weighted by molar-refractivity contribution is 6.33. The number of rotatable bonds is 4. The molecule has 1 heterocycles. The van der Waals surface area contributed by atoms with E-state index in [0.29, 0.717) is 5.56 Å². The van der Waals surface area contributed by atoms with Gasteiger partial charge in [-0.25, -0.2) is 4.79 Å². The summed E-state index contributed by atoms with van der Waals surface area (Å²) in [7, 11) is 0. The number of nitrogens with zero attached hydrogens (tertiary/aromatic N) is 1. The number of carbonyl (C=O) groups is 1. The number of furan rings is 1. The molecule has 0 unspecified atom stereocenters. The summed E-state index contributed by atoms with van der Waals surface area (Å²) >= 11 is 6.11. The third-order valence-corrected chi connectivity index (χ3v) is 4.34. The van der Waals surface area contributed by atoms with Gasteiger partial charge in [0, 0.05) is 5.56 Å². The quantitative estimate of drug-likeness (QED) is 0.500. The molecule has 0 fully saturated rings. The van der Waals surface area contributed by atoms with E-state index in [1.807, 2.05) is 6.07 Å². The topological polar surface area (TPSA) is 74.2 Å². The van der Waals surface area contributed by atoms with Crippen LogP contribution in [0.3, 0.4) is 0 Å². The maximum absolute atomic E-state index is 12.9. The number of halogens is 4. The lowest BCUT2D eigenvalue weighted by Crippen LogP contribution is -2.04. The van der Waals surface area contributed by atoms with E-state index in [9.17, 15) is 23.2 Å². The molecule has 0 aliphatic rings. The molecule has 0 saturated heterocycles. The third kappa shape index (κ3) is 4.50. The van der Waals surface area contributed by atoms with Crippen molar-refractivity contribution in [3.05, 3.63) is 82.1 Å². The number of hydrogen-bond donors (Lipinski definition) is 1. The number of carboxylic acids is 1. The van der Waals surface area contributed by atoms with Crippen molar-refractivity contribution < 1.29 is 27.5 Å². The van der Waals surface area contributed by atoms with Crippen LogP contribution in [0.1, 0.15) is 27.2 Å². The van der Waals surface area contributed by atoms with Crippen molar-refractivity contribution in [1.82, 2.24) is 0 Å². The third-order valence-electron chi connectivity index (χ3n) is 4.01. The maximum atomic E-state index is 12.9. The maximum Gasteiger partial charge on any atom is 0.416 e. The SMILES string of the molecule is N#C/C(=C/c1ccc(-c2cc(C(=O)O)ccc2Cl)o1)c1cccc(C(F)(F)F)c1. The Hall–Kier alpha value is -3.50. The van der Waals surface area contributed by atoms with Crippen LogP contribution >= 0.6 is 11.6 Å². The van der Waals surface area contributed by atoms with Crippen molar-refractivity contribution in [2.45, 2.75) is 6.18 Å². The van der Waals surface area contributed by atoms with Crippen LogP contribution in [0.25, 0.3) is 23.0 Å². The number of allylic oxidation sites excluding steroid dienone is 1. The van der Waals surface area contributed by atoms with Crippen molar-refractivity contribution in [2.75, 3.05) is 0 Å². The predicted octanol–water partition coefficient (Wildman–Crippen LogP) is 6.38. The van der Waals surface area contributed by atoms with Gasteiger partial charge in [0.15, 0.2) is 0 Å². The first-order chi connectivity index (χ1) is 13.7. The highest BCUT2D eigenvalue weighted by Crippen LogP contribution is 2.33. The van der Waals surface area contributed by atoms with E-state index < -0.39 is 17.7 Å². The number of aromatic carboxylic acids is 1. The molecule has 0 amide bonds. The fourth-order valence-corrected chi connectivity index (χ4v) is 2.82. The molecule has 3 rings (SSSR count). The fourth-order valence-electron chi connectivity index (χ4n) is 2.61. The summed E-state index contributed by atoms with van der Waals surface area (Å²) < 4.78 is 44.3. The Labute approximate surface area is 168 Å². The molecular weight excluding hydrogens is 407 g/mol. The van der Waals surface area contributed by atoms with Crippen molar-refractivity contribution >= 4 is 29.2 Å². The largest absolute Gasteiger partial charge is 0.478 e. The molecule has 1 N–H and O–H groups in total. The van der Waals surface area contributed by atoms with Gasteiger partial charge in [0.05, 0.1) is 27.8 Å². The zero-order valence-corrected chi connectivity index (χ0v) is 15.3. The number of hydrogen-bond acceptors (Lipinski definition) is 3. The first kappa shape index (κ1) is 20.2. The Morgan fingerprint density at radius 3 is 2.52 bits per heavy atom. The Morgan fingerprint density at radius 2 is 1.86 bits per heavy atom. The molecule has 146 valence electrons. The molecule has 0 atom stereocenters. The van der Waals surface area contributed by atoms with E-state index in [0.717, 1.165) is 12.1 Å². The van der Waals surface area contributed by atoms with E-state index in [2.05, 4.69) is 0 Å². The van der Waals surface area contributed by atoms with Crippen molar-refractivity contribution in [1.29, 1.82) is 5.26 Å². The second-order valence-electron chi connectivity index (χ2n) is 5.95. The van der Waals surface area contributed by atoms with E-state index in [1.165, 1.54) is 48.5 Å². The Kier molecular flexibility index (Phi) is 5.48. The van der Waals surface area contributed by atoms with Gasteiger partial charge in [-0.15, -0.1) is 0 Å². The lowest BCUT2D eigenvalue weighted by molar-refractivity contribution is -0.137. The second-order valence-corrected chi connectivity index (χ2v) is 6.36. The minimum Gasteiger partial charge on any atom is -0.478 e. The van der Waals surface area contributed by atoms with Gasteiger partial charge in [-0.05, 0) is 54.1 Å². The highest BCUT2D eigenvalue weighted by atomic mass is 35.5. The number of nitriles is 1. The van der Waals surface area contributed by atoms with Crippen LogP contribution in [0.2, 0.25) is 5.02 Å². The lowest BCUT2D eigenvalue weighted by Gasteiger charge is -2.08. The van der Waals surface area contributed by atoms with E-state index in [4.69, 9.17) is 21.1 Å². The highest BCUT2D eigenvalue weighted by Gasteiger charge is 2.30. The van der Waals surface area contributed by atoms with Gasteiger partial charge in [0.1, 0.15) is 11.5 Å². The summed E-state index contributed by atoms with van der Waals surface area (Å²) in [4.78, 5) is 11.1. The van der Waals surface area contributed by atoms with Crippen molar-refractivity contribution in [3.8, 4) is 17.4 Å². The first-order valence-electron chi connectivity index (χ1n) is 8.11. The zero-order chi connectivity index (χ0) is 21.2. The number of alkyl halides is 3. The average Bonchev–Trinajstić information content (AvgIpc) is 3.14. The normalized spacial score (nSPS) is 11.9. The van der Waals surface area contributed by atoms with Crippen LogP contribution in [0, 0.1) is 11.3 Å². The van der Waals surface area contributed by atoms with Crippen LogP contribution in [0.15, 0.2) is 59.0 Å². The molecule has 0 bridgehead atoms. The van der Waals surface area contributed by atoms with Crippen molar-refractivity contribution in [2.24, 2.45) is 0 Å². The number of benzene rings is 2. The average molecular weight is 418 g/mol.